The highest BCUT2D eigenvalue weighted by Crippen LogP contribution is 2.31. The molecule has 0 aliphatic rings. The quantitative estimate of drug-likeness (QED) is 0.553. The molecule has 0 heterocycles. The Hall–Kier alpha value is -1.59. The third-order valence-electron chi connectivity index (χ3n) is 3.17. The highest BCUT2D eigenvalue weighted by molar-refractivity contribution is 9.10. The smallest absolute Gasteiger partial charge is 0.270 e. The Balaban J connectivity index is 2.22. The number of halogens is 2. The molecular weight excluding hydrogens is 356 g/mol. The zero-order valence-corrected chi connectivity index (χ0v) is 13.7. The van der Waals surface area contributed by atoms with E-state index in [-0.39, 0.29) is 11.7 Å². The van der Waals surface area contributed by atoms with Crippen molar-refractivity contribution in [2.24, 2.45) is 0 Å². The van der Waals surface area contributed by atoms with Gasteiger partial charge in [-0.1, -0.05) is 30.7 Å². The molecule has 0 amide bonds. The highest BCUT2D eigenvalue weighted by Gasteiger charge is 2.13. The van der Waals surface area contributed by atoms with Crippen molar-refractivity contribution < 1.29 is 4.92 Å². The van der Waals surface area contributed by atoms with Gasteiger partial charge in [-0.3, -0.25) is 10.1 Å². The van der Waals surface area contributed by atoms with Crippen molar-refractivity contribution in [3.8, 4) is 0 Å². The van der Waals surface area contributed by atoms with Crippen molar-refractivity contribution in [3.05, 3.63) is 67.6 Å². The van der Waals surface area contributed by atoms with Gasteiger partial charge < -0.3 is 5.32 Å². The van der Waals surface area contributed by atoms with Gasteiger partial charge in [0, 0.05) is 27.3 Å². The minimum atomic E-state index is -0.412. The summed E-state index contributed by atoms with van der Waals surface area (Å²) in [6.45, 7) is 2.07. The molecule has 0 bridgehead atoms. The topological polar surface area (TPSA) is 55.2 Å². The Bertz CT molecular complexity index is 647. The molecule has 0 spiro atoms. The average Bonchev–Trinajstić information content (AvgIpc) is 2.47. The third-order valence-corrected chi connectivity index (χ3v) is 4.08. The van der Waals surface area contributed by atoms with E-state index in [2.05, 4.69) is 28.2 Å². The van der Waals surface area contributed by atoms with Crippen LogP contribution < -0.4 is 5.32 Å². The van der Waals surface area contributed by atoms with Gasteiger partial charge in [0.2, 0.25) is 0 Å². The number of hydrogen-bond acceptors (Lipinski definition) is 3. The van der Waals surface area contributed by atoms with Crippen LogP contribution in [0.3, 0.4) is 0 Å². The van der Waals surface area contributed by atoms with Crippen LogP contribution in [0.5, 0.6) is 0 Å². The van der Waals surface area contributed by atoms with Gasteiger partial charge in [0.05, 0.1) is 11.0 Å². The molecule has 1 atom stereocenters. The lowest BCUT2D eigenvalue weighted by Gasteiger charge is -2.19. The van der Waals surface area contributed by atoms with Crippen LogP contribution in [0.15, 0.2) is 46.9 Å². The molecule has 0 aliphatic heterocycles. The normalized spacial score (nSPS) is 12.0. The monoisotopic (exact) mass is 368 g/mol. The van der Waals surface area contributed by atoms with E-state index in [1.165, 1.54) is 12.1 Å². The first-order valence-corrected chi connectivity index (χ1v) is 7.64. The maximum atomic E-state index is 10.7. The lowest BCUT2D eigenvalue weighted by Crippen LogP contribution is -2.10. The molecule has 0 saturated heterocycles. The summed E-state index contributed by atoms with van der Waals surface area (Å²) in [4.78, 5) is 10.3. The number of rotatable bonds is 5. The van der Waals surface area contributed by atoms with Gasteiger partial charge in [-0.15, -0.1) is 0 Å². The molecule has 2 rings (SSSR count). The van der Waals surface area contributed by atoms with Gasteiger partial charge in [0.25, 0.3) is 5.69 Å². The van der Waals surface area contributed by atoms with Crippen LogP contribution in [0, 0.1) is 10.1 Å². The molecule has 1 unspecified atom stereocenters. The maximum absolute atomic E-state index is 10.7. The SMILES string of the molecule is CCC(Nc1ccc([N+](=O)[O-])cc1Br)c1ccc(Cl)cc1. The summed E-state index contributed by atoms with van der Waals surface area (Å²) in [5.41, 5.74) is 2.00. The Labute approximate surface area is 136 Å². The fourth-order valence-corrected chi connectivity index (χ4v) is 2.65. The summed E-state index contributed by atoms with van der Waals surface area (Å²) in [7, 11) is 0. The van der Waals surface area contributed by atoms with Gasteiger partial charge in [-0.2, -0.15) is 0 Å². The molecule has 2 aromatic carbocycles. The van der Waals surface area contributed by atoms with Gasteiger partial charge in [-0.25, -0.2) is 0 Å². The number of hydrogen-bond donors (Lipinski definition) is 1. The number of non-ortho nitro benzene ring substituents is 1. The van der Waals surface area contributed by atoms with E-state index >= 15 is 0 Å². The zero-order chi connectivity index (χ0) is 15.4. The molecule has 1 N–H and O–H groups in total. The number of nitro benzene ring substituents is 1. The van der Waals surface area contributed by atoms with Gasteiger partial charge in [0.15, 0.2) is 0 Å². The molecule has 0 fully saturated rings. The number of nitrogens with one attached hydrogen (secondary N) is 1. The van der Waals surface area contributed by atoms with Crippen molar-refractivity contribution in [3.63, 3.8) is 0 Å². The fraction of sp³-hybridized carbons (Fsp3) is 0.200. The number of nitro groups is 1. The summed E-state index contributed by atoms with van der Waals surface area (Å²) in [5.74, 6) is 0. The van der Waals surface area contributed by atoms with Crippen LogP contribution in [-0.4, -0.2) is 4.92 Å². The fourth-order valence-electron chi connectivity index (χ4n) is 2.04. The van der Waals surface area contributed by atoms with E-state index in [9.17, 15) is 10.1 Å². The van der Waals surface area contributed by atoms with E-state index in [0.717, 1.165) is 17.7 Å². The Morgan fingerprint density at radius 2 is 1.95 bits per heavy atom. The molecule has 0 radical (unpaired) electrons. The summed E-state index contributed by atoms with van der Waals surface area (Å²) >= 11 is 9.27. The molecule has 0 saturated carbocycles. The molecule has 6 heteroatoms. The molecule has 2 aromatic rings. The predicted molar refractivity (Wildman–Crippen MR) is 88.9 cm³/mol. The van der Waals surface area contributed by atoms with Crippen molar-refractivity contribution in [2.75, 3.05) is 5.32 Å². The first kappa shape index (κ1) is 15.8. The summed E-state index contributed by atoms with van der Waals surface area (Å²) in [5, 5.41) is 14.8. The third kappa shape index (κ3) is 3.95. The second kappa shape index (κ2) is 6.91. The predicted octanol–water partition coefficient (Wildman–Crippen LogP) is 5.57. The van der Waals surface area contributed by atoms with Crippen LogP contribution in [-0.2, 0) is 0 Å². The largest absolute Gasteiger partial charge is 0.377 e. The number of benzene rings is 2. The average molecular weight is 370 g/mol. The lowest BCUT2D eigenvalue weighted by atomic mass is 10.0. The lowest BCUT2D eigenvalue weighted by molar-refractivity contribution is -0.384. The summed E-state index contributed by atoms with van der Waals surface area (Å²) < 4.78 is 0.670. The minimum absolute atomic E-state index is 0.0620. The van der Waals surface area contributed by atoms with Crippen LogP contribution in [0.1, 0.15) is 24.9 Å². The van der Waals surface area contributed by atoms with Crippen molar-refractivity contribution in [2.45, 2.75) is 19.4 Å². The van der Waals surface area contributed by atoms with Crippen molar-refractivity contribution in [1.29, 1.82) is 0 Å². The standard InChI is InChI=1S/C15H14BrClN2O2/c1-2-14(10-3-5-11(17)6-4-10)18-15-8-7-12(19(20)21)9-13(15)16/h3-9,14,18H,2H2,1H3. The maximum Gasteiger partial charge on any atom is 0.270 e. The number of nitrogens with zero attached hydrogens (tertiary/aromatic N) is 1. The van der Waals surface area contributed by atoms with Crippen LogP contribution in [0.2, 0.25) is 5.02 Å². The van der Waals surface area contributed by atoms with Crippen molar-refractivity contribution in [1.82, 2.24) is 0 Å². The van der Waals surface area contributed by atoms with Crippen molar-refractivity contribution >= 4 is 38.9 Å². The Morgan fingerprint density at radius 1 is 1.29 bits per heavy atom. The van der Waals surface area contributed by atoms with Crippen LogP contribution in [0.25, 0.3) is 0 Å². The van der Waals surface area contributed by atoms with Gasteiger partial charge in [-0.05, 0) is 46.1 Å². The van der Waals surface area contributed by atoms with E-state index in [4.69, 9.17) is 11.6 Å². The van der Waals surface area contributed by atoms with Gasteiger partial charge >= 0.3 is 0 Å². The molecule has 0 aromatic heterocycles. The Kier molecular flexibility index (Phi) is 5.20. The molecule has 4 nitrogen and oxygen atoms in total. The molecule has 21 heavy (non-hydrogen) atoms. The molecule has 0 aliphatic carbocycles. The molecule has 110 valence electrons. The second-order valence-corrected chi connectivity index (χ2v) is 5.87. The van der Waals surface area contributed by atoms with E-state index in [1.54, 1.807) is 6.07 Å². The minimum Gasteiger partial charge on any atom is -0.377 e. The first-order valence-electron chi connectivity index (χ1n) is 6.47. The van der Waals surface area contributed by atoms with E-state index in [1.807, 2.05) is 24.3 Å². The number of anilines is 1. The van der Waals surface area contributed by atoms with E-state index < -0.39 is 4.92 Å². The van der Waals surface area contributed by atoms with Gasteiger partial charge in [0.1, 0.15) is 0 Å². The van der Waals surface area contributed by atoms with E-state index in [0.29, 0.717) is 9.50 Å². The van der Waals surface area contributed by atoms with Crippen LogP contribution in [0.4, 0.5) is 11.4 Å². The second-order valence-electron chi connectivity index (χ2n) is 4.58. The summed E-state index contributed by atoms with van der Waals surface area (Å²) in [6.07, 6.45) is 0.880. The summed E-state index contributed by atoms with van der Waals surface area (Å²) in [6, 6.07) is 12.5. The molecular formula is C15H14BrClN2O2. The Morgan fingerprint density at radius 3 is 2.48 bits per heavy atom. The van der Waals surface area contributed by atoms with Crippen LogP contribution >= 0.6 is 27.5 Å². The first-order chi connectivity index (χ1) is 10.0. The highest BCUT2D eigenvalue weighted by atomic mass is 79.9. The zero-order valence-electron chi connectivity index (χ0n) is 11.3.